The molecule has 4 heteroatoms. The van der Waals surface area contributed by atoms with E-state index in [4.69, 9.17) is 4.74 Å². The third-order valence-electron chi connectivity index (χ3n) is 4.91. The standard InChI is InChI=1S/C14H25N3O/c1-13(3-4-13)9-16-12(15-2)17-7-5-14(10-17)6-8-18-11-14/h3-11H2,1-2H3,(H,15,16). The zero-order valence-electron chi connectivity index (χ0n) is 11.7. The van der Waals surface area contributed by atoms with Gasteiger partial charge in [0.25, 0.3) is 0 Å². The number of nitrogens with one attached hydrogen (secondary N) is 1. The SMILES string of the molecule is CN=C(NCC1(C)CC1)N1CCC2(CCOC2)C1. The van der Waals surface area contributed by atoms with E-state index in [9.17, 15) is 0 Å². The first-order chi connectivity index (χ1) is 8.65. The van der Waals surface area contributed by atoms with Crippen LogP contribution in [-0.4, -0.2) is 50.8 Å². The first kappa shape index (κ1) is 12.3. The van der Waals surface area contributed by atoms with Crippen LogP contribution in [0.25, 0.3) is 0 Å². The van der Waals surface area contributed by atoms with E-state index in [1.54, 1.807) is 0 Å². The lowest BCUT2D eigenvalue weighted by Gasteiger charge is -2.25. The van der Waals surface area contributed by atoms with Gasteiger partial charge in [-0.25, -0.2) is 0 Å². The van der Waals surface area contributed by atoms with Gasteiger partial charge in [-0.1, -0.05) is 6.92 Å². The van der Waals surface area contributed by atoms with E-state index in [2.05, 4.69) is 22.1 Å². The smallest absolute Gasteiger partial charge is 0.193 e. The van der Waals surface area contributed by atoms with Crippen LogP contribution in [0.15, 0.2) is 4.99 Å². The zero-order valence-corrected chi connectivity index (χ0v) is 11.7. The lowest BCUT2D eigenvalue weighted by molar-refractivity contribution is 0.156. The summed E-state index contributed by atoms with van der Waals surface area (Å²) in [6.45, 7) is 7.54. The van der Waals surface area contributed by atoms with E-state index in [1.807, 2.05) is 7.05 Å². The third kappa shape index (κ3) is 2.35. The highest BCUT2D eigenvalue weighted by Gasteiger charge is 2.43. The lowest BCUT2D eigenvalue weighted by atomic mass is 9.87. The molecule has 0 bridgehead atoms. The Morgan fingerprint density at radius 1 is 1.33 bits per heavy atom. The van der Waals surface area contributed by atoms with Crippen LogP contribution in [0.4, 0.5) is 0 Å². The molecule has 1 N–H and O–H groups in total. The number of ether oxygens (including phenoxy) is 1. The van der Waals surface area contributed by atoms with Crippen molar-refractivity contribution in [1.82, 2.24) is 10.2 Å². The highest BCUT2D eigenvalue weighted by atomic mass is 16.5. The summed E-state index contributed by atoms with van der Waals surface area (Å²) in [6, 6.07) is 0. The van der Waals surface area contributed by atoms with Gasteiger partial charge in [-0.05, 0) is 31.1 Å². The molecule has 1 atom stereocenters. The van der Waals surface area contributed by atoms with Gasteiger partial charge in [-0.2, -0.15) is 0 Å². The molecule has 4 nitrogen and oxygen atoms in total. The quantitative estimate of drug-likeness (QED) is 0.596. The monoisotopic (exact) mass is 251 g/mol. The van der Waals surface area contributed by atoms with Crippen LogP contribution in [0.2, 0.25) is 0 Å². The molecule has 102 valence electrons. The Labute approximate surface area is 110 Å². The number of nitrogens with zero attached hydrogens (tertiary/aromatic N) is 2. The Morgan fingerprint density at radius 2 is 2.17 bits per heavy atom. The van der Waals surface area contributed by atoms with Crippen molar-refractivity contribution >= 4 is 5.96 Å². The van der Waals surface area contributed by atoms with Crippen molar-refractivity contribution in [3.63, 3.8) is 0 Å². The Balaban J connectivity index is 1.56. The highest BCUT2D eigenvalue weighted by molar-refractivity contribution is 5.80. The second-order valence-corrected chi connectivity index (χ2v) is 6.69. The van der Waals surface area contributed by atoms with Crippen molar-refractivity contribution in [2.75, 3.05) is 39.9 Å². The molecule has 1 unspecified atom stereocenters. The molecule has 1 aliphatic carbocycles. The van der Waals surface area contributed by atoms with E-state index >= 15 is 0 Å². The summed E-state index contributed by atoms with van der Waals surface area (Å²) < 4.78 is 5.58. The zero-order chi connectivity index (χ0) is 12.6. The average molecular weight is 251 g/mol. The number of hydrogen-bond acceptors (Lipinski definition) is 2. The van der Waals surface area contributed by atoms with E-state index in [0.717, 1.165) is 38.8 Å². The molecule has 18 heavy (non-hydrogen) atoms. The number of aliphatic imine (C=N–C) groups is 1. The van der Waals surface area contributed by atoms with Crippen molar-refractivity contribution in [2.24, 2.45) is 15.8 Å². The van der Waals surface area contributed by atoms with Crippen LogP contribution < -0.4 is 5.32 Å². The van der Waals surface area contributed by atoms with Crippen molar-refractivity contribution in [3.8, 4) is 0 Å². The minimum Gasteiger partial charge on any atom is -0.381 e. The number of hydrogen-bond donors (Lipinski definition) is 1. The summed E-state index contributed by atoms with van der Waals surface area (Å²) in [5, 5.41) is 3.56. The molecule has 0 aromatic rings. The fourth-order valence-corrected chi connectivity index (χ4v) is 3.10. The van der Waals surface area contributed by atoms with Gasteiger partial charge in [-0.15, -0.1) is 0 Å². The van der Waals surface area contributed by atoms with Crippen LogP contribution in [0.3, 0.4) is 0 Å². The van der Waals surface area contributed by atoms with Crippen molar-refractivity contribution in [1.29, 1.82) is 0 Å². The topological polar surface area (TPSA) is 36.9 Å². The molecule has 0 aromatic carbocycles. The summed E-state index contributed by atoms with van der Waals surface area (Å²) in [5.74, 6) is 1.09. The summed E-state index contributed by atoms with van der Waals surface area (Å²) in [5.41, 5.74) is 0.949. The summed E-state index contributed by atoms with van der Waals surface area (Å²) in [6.07, 6.45) is 5.19. The van der Waals surface area contributed by atoms with Crippen molar-refractivity contribution in [3.05, 3.63) is 0 Å². The van der Waals surface area contributed by atoms with Gasteiger partial charge in [0.2, 0.25) is 0 Å². The van der Waals surface area contributed by atoms with Crippen LogP contribution >= 0.6 is 0 Å². The molecule has 2 saturated heterocycles. The van der Waals surface area contributed by atoms with E-state index in [-0.39, 0.29) is 0 Å². The van der Waals surface area contributed by atoms with Crippen LogP contribution in [0.1, 0.15) is 32.6 Å². The van der Waals surface area contributed by atoms with Crippen LogP contribution in [0.5, 0.6) is 0 Å². The van der Waals surface area contributed by atoms with Gasteiger partial charge in [0.15, 0.2) is 5.96 Å². The van der Waals surface area contributed by atoms with Gasteiger partial charge in [0, 0.05) is 38.7 Å². The molecular formula is C14H25N3O. The second-order valence-electron chi connectivity index (χ2n) is 6.69. The Hall–Kier alpha value is -0.770. The van der Waals surface area contributed by atoms with E-state index in [1.165, 1.54) is 25.7 Å². The lowest BCUT2D eigenvalue weighted by Crippen LogP contribution is -2.43. The second kappa shape index (κ2) is 4.41. The molecule has 2 aliphatic heterocycles. The fraction of sp³-hybridized carbons (Fsp3) is 0.929. The van der Waals surface area contributed by atoms with E-state index < -0.39 is 0 Å². The summed E-state index contributed by atoms with van der Waals surface area (Å²) in [4.78, 5) is 6.86. The van der Waals surface area contributed by atoms with Gasteiger partial charge in [-0.3, -0.25) is 4.99 Å². The molecule has 3 fully saturated rings. The van der Waals surface area contributed by atoms with Gasteiger partial charge >= 0.3 is 0 Å². The third-order valence-corrected chi connectivity index (χ3v) is 4.91. The van der Waals surface area contributed by atoms with Gasteiger partial charge < -0.3 is 15.0 Å². The maximum atomic E-state index is 5.58. The molecule has 1 spiro atoms. The normalized spacial score (nSPS) is 34.3. The Bertz CT molecular complexity index is 343. The van der Waals surface area contributed by atoms with Crippen molar-refractivity contribution in [2.45, 2.75) is 32.6 Å². The predicted molar refractivity (Wildman–Crippen MR) is 72.8 cm³/mol. The average Bonchev–Trinajstić information content (AvgIpc) is 2.82. The highest BCUT2D eigenvalue weighted by Crippen LogP contribution is 2.44. The van der Waals surface area contributed by atoms with Gasteiger partial charge in [0.05, 0.1) is 6.61 Å². The Morgan fingerprint density at radius 3 is 2.78 bits per heavy atom. The van der Waals surface area contributed by atoms with Crippen LogP contribution in [-0.2, 0) is 4.74 Å². The summed E-state index contributed by atoms with van der Waals surface area (Å²) in [7, 11) is 1.90. The predicted octanol–water partition coefficient (Wildman–Crippen LogP) is 1.47. The first-order valence-corrected chi connectivity index (χ1v) is 7.18. The van der Waals surface area contributed by atoms with Crippen LogP contribution in [0, 0.1) is 10.8 Å². The molecule has 3 aliphatic rings. The maximum Gasteiger partial charge on any atom is 0.193 e. The first-order valence-electron chi connectivity index (χ1n) is 7.18. The van der Waals surface area contributed by atoms with Gasteiger partial charge in [0.1, 0.15) is 0 Å². The number of rotatable bonds is 2. The molecule has 2 heterocycles. The minimum absolute atomic E-state index is 0.418. The largest absolute Gasteiger partial charge is 0.381 e. The molecule has 0 radical (unpaired) electrons. The number of guanidine groups is 1. The molecule has 0 amide bonds. The maximum absolute atomic E-state index is 5.58. The number of likely N-dealkylation sites (tertiary alicyclic amines) is 1. The summed E-state index contributed by atoms with van der Waals surface area (Å²) >= 11 is 0. The molecule has 3 rings (SSSR count). The molecule has 1 saturated carbocycles. The molecule has 0 aromatic heterocycles. The minimum atomic E-state index is 0.418. The fourth-order valence-electron chi connectivity index (χ4n) is 3.10. The van der Waals surface area contributed by atoms with Crippen molar-refractivity contribution < 1.29 is 4.74 Å². The molecular weight excluding hydrogens is 226 g/mol. The van der Waals surface area contributed by atoms with E-state index in [0.29, 0.717) is 10.8 Å². The Kier molecular flexibility index (Phi) is 3.00.